The maximum Gasteiger partial charge on any atom is 0.299 e. The molecule has 0 aliphatic heterocycles. The molecule has 0 spiro atoms. The van der Waals surface area contributed by atoms with Gasteiger partial charge in [-0.3, -0.25) is 4.55 Å². The van der Waals surface area contributed by atoms with Crippen LogP contribution in [0.15, 0.2) is 27.8 Å². The number of rotatable bonds is 1. The molecule has 0 aliphatic rings. The van der Waals surface area contributed by atoms with Gasteiger partial charge < -0.3 is 0 Å². The highest BCUT2D eigenvalue weighted by Gasteiger charge is 2.11. The van der Waals surface area contributed by atoms with Crippen LogP contribution in [0.2, 0.25) is 0 Å². The first-order valence-electron chi connectivity index (χ1n) is 2.44. The van der Waals surface area contributed by atoms with E-state index in [9.17, 15) is 8.42 Å². The van der Waals surface area contributed by atoms with Crippen molar-refractivity contribution in [3.63, 3.8) is 0 Å². The van der Waals surface area contributed by atoms with Gasteiger partial charge in [0.2, 0.25) is 16.7 Å². The maximum atomic E-state index is 10.4. The Hall–Kier alpha value is -0.520. The normalized spacial score (nSPS) is 11.3. The summed E-state index contributed by atoms with van der Waals surface area (Å²) in [5, 5.41) is 3.09. The van der Waals surface area contributed by atoms with Crippen LogP contribution in [0.4, 0.5) is 0 Å². The lowest BCUT2D eigenvalue weighted by atomic mass is 10.6. The molecule has 1 N–H and O–H groups in total. The summed E-state index contributed by atoms with van der Waals surface area (Å²) in [5.41, 5.74) is 0. The van der Waals surface area contributed by atoms with Gasteiger partial charge in [0.25, 0.3) is 10.1 Å². The van der Waals surface area contributed by atoms with Crippen molar-refractivity contribution in [3.8, 4) is 0 Å². The molecule has 0 amide bonds. The summed E-state index contributed by atoms with van der Waals surface area (Å²) in [5.74, 6) is 0. The van der Waals surface area contributed by atoms with Crippen LogP contribution in [0, 0.1) is 0 Å². The average molecular weight is 177 g/mol. The monoisotopic (exact) mass is 177 g/mol. The van der Waals surface area contributed by atoms with E-state index in [4.69, 9.17) is 4.55 Å². The molecular weight excluding hydrogens is 172 g/mol. The topological polar surface area (TPSA) is 54.4 Å². The summed E-state index contributed by atoms with van der Waals surface area (Å²) >= 11 is 1.22. The van der Waals surface area contributed by atoms with E-state index in [0.29, 0.717) is 0 Å². The van der Waals surface area contributed by atoms with Crippen LogP contribution in [-0.4, -0.2) is 13.0 Å². The minimum atomic E-state index is -3.99. The lowest BCUT2D eigenvalue weighted by Gasteiger charge is -1.86. The van der Waals surface area contributed by atoms with E-state index in [-0.39, 0.29) is 4.90 Å². The quantitative estimate of drug-likeness (QED) is 0.519. The molecule has 0 atom stereocenters. The zero-order valence-electron chi connectivity index (χ0n) is 4.89. The van der Waals surface area contributed by atoms with E-state index in [1.165, 1.54) is 22.8 Å². The fraction of sp³-hybridized carbons (Fsp3) is 0. The van der Waals surface area contributed by atoms with Gasteiger partial charge in [0.05, 0.1) is 0 Å². The lowest BCUT2D eigenvalue weighted by molar-refractivity contribution is 0.483. The first-order chi connectivity index (χ1) is 4.61. The molecule has 1 rings (SSSR count). The summed E-state index contributed by atoms with van der Waals surface area (Å²) < 4.78 is 29.3. The minimum absolute atomic E-state index is 0.0556. The van der Waals surface area contributed by atoms with Crippen LogP contribution in [0.25, 0.3) is 0 Å². The molecule has 5 heteroatoms. The Morgan fingerprint density at radius 1 is 1.50 bits per heavy atom. The fourth-order valence-electron chi connectivity index (χ4n) is 0.472. The van der Waals surface area contributed by atoms with Crippen molar-refractivity contribution < 1.29 is 13.0 Å². The molecule has 3 nitrogen and oxygen atoms in total. The van der Waals surface area contributed by atoms with Crippen molar-refractivity contribution in [2.75, 3.05) is 0 Å². The third-order valence-corrected chi connectivity index (χ3v) is 2.60. The lowest BCUT2D eigenvalue weighted by Crippen LogP contribution is -1.95. The van der Waals surface area contributed by atoms with Crippen LogP contribution >= 0.6 is 11.3 Å². The molecule has 0 bridgehead atoms. The summed E-state index contributed by atoms with van der Waals surface area (Å²) in [6, 6.07) is 2.90. The van der Waals surface area contributed by atoms with Crippen molar-refractivity contribution in [3.05, 3.63) is 22.9 Å². The smallest absolute Gasteiger partial charge is 0.282 e. The zero-order chi connectivity index (χ0) is 7.61. The van der Waals surface area contributed by atoms with Crippen LogP contribution < -0.4 is 0 Å². The van der Waals surface area contributed by atoms with E-state index in [0.717, 1.165) is 0 Å². The first-order valence-corrected chi connectivity index (χ1v) is 4.82. The molecule has 0 aromatic carbocycles. The van der Waals surface area contributed by atoms with Gasteiger partial charge in [-0.15, -0.1) is 0 Å². The van der Waals surface area contributed by atoms with E-state index in [1.807, 2.05) is 0 Å². The van der Waals surface area contributed by atoms with Gasteiger partial charge in [0, 0.05) is 0 Å². The molecule has 1 aromatic rings. The molecule has 10 heavy (non-hydrogen) atoms. The molecule has 0 saturated heterocycles. The Kier molecular flexibility index (Phi) is 1.98. The molecule has 54 valence electrons. The average Bonchev–Trinajstić information content (AvgIpc) is 1.88. The highest BCUT2D eigenvalue weighted by Crippen LogP contribution is 2.09. The Bertz CT molecular complexity index is 303. The van der Waals surface area contributed by atoms with Crippen LogP contribution in [-0.2, 0) is 10.1 Å². The van der Waals surface area contributed by atoms with E-state index in [1.54, 1.807) is 11.4 Å². The van der Waals surface area contributed by atoms with Crippen LogP contribution in [0.5, 0.6) is 0 Å². The molecule has 0 radical (unpaired) electrons. The van der Waals surface area contributed by atoms with Gasteiger partial charge in [0.1, 0.15) is 0 Å². The molecule has 0 unspecified atom stereocenters. The standard InChI is InChI=1S/C5H4O3S2/c6-10(7,8)5-2-1-3-9-4-5/h1-4H/p+1. The summed E-state index contributed by atoms with van der Waals surface area (Å²) in [7, 11) is -3.99. The minimum Gasteiger partial charge on any atom is -0.282 e. The largest absolute Gasteiger partial charge is 0.299 e. The Balaban J connectivity index is 3.22. The first kappa shape index (κ1) is 7.59. The van der Waals surface area contributed by atoms with Crippen molar-refractivity contribution in [1.82, 2.24) is 0 Å². The van der Waals surface area contributed by atoms with Gasteiger partial charge in [-0.25, -0.2) is 0 Å². The van der Waals surface area contributed by atoms with Gasteiger partial charge >= 0.3 is 0 Å². The predicted molar refractivity (Wildman–Crippen MR) is 38.5 cm³/mol. The van der Waals surface area contributed by atoms with Crippen LogP contribution in [0.1, 0.15) is 0 Å². The van der Waals surface area contributed by atoms with E-state index in [2.05, 4.69) is 0 Å². The molecule has 0 aliphatic carbocycles. The Morgan fingerprint density at radius 3 is 2.50 bits per heavy atom. The highest BCUT2D eigenvalue weighted by molar-refractivity contribution is 7.86. The van der Waals surface area contributed by atoms with Gasteiger partial charge in [-0.2, -0.15) is 8.42 Å². The fourth-order valence-corrected chi connectivity index (χ4v) is 1.84. The van der Waals surface area contributed by atoms with Crippen molar-refractivity contribution in [2.24, 2.45) is 0 Å². The second kappa shape index (κ2) is 2.61. The molecule has 0 saturated carbocycles. The van der Waals surface area contributed by atoms with Crippen molar-refractivity contribution in [1.29, 1.82) is 0 Å². The molecular formula is C5H5O3S2+. The summed E-state index contributed by atoms with van der Waals surface area (Å²) in [6.07, 6.45) is 0. The third kappa shape index (κ3) is 1.73. The highest BCUT2D eigenvalue weighted by atomic mass is 32.2. The number of hydrogen-bond donors (Lipinski definition) is 1. The number of hydrogen-bond acceptors (Lipinski definition) is 2. The molecule has 0 fully saturated rings. The Morgan fingerprint density at radius 2 is 2.20 bits per heavy atom. The predicted octanol–water partition coefficient (Wildman–Crippen LogP) is 1.28. The Labute approximate surface area is 62.7 Å². The SMILES string of the molecule is O=S(=O)(O)c1ccc[s+]c1. The zero-order valence-corrected chi connectivity index (χ0v) is 6.52. The van der Waals surface area contributed by atoms with Gasteiger partial charge in [-0.1, -0.05) is 0 Å². The molecule has 1 heterocycles. The summed E-state index contributed by atoms with van der Waals surface area (Å²) in [4.78, 5) is -0.0556. The van der Waals surface area contributed by atoms with Crippen LogP contribution in [0.3, 0.4) is 0 Å². The second-order valence-corrected chi connectivity index (χ2v) is 3.83. The van der Waals surface area contributed by atoms with E-state index >= 15 is 0 Å². The van der Waals surface area contributed by atoms with E-state index < -0.39 is 10.1 Å². The van der Waals surface area contributed by atoms with Gasteiger partial charge in [0.15, 0.2) is 10.3 Å². The maximum absolute atomic E-state index is 10.4. The van der Waals surface area contributed by atoms with Crippen molar-refractivity contribution in [2.45, 2.75) is 4.90 Å². The van der Waals surface area contributed by atoms with Crippen molar-refractivity contribution >= 4 is 21.5 Å². The second-order valence-electron chi connectivity index (χ2n) is 1.63. The van der Waals surface area contributed by atoms with Gasteiger partial charge in [-0.05, 0) is 12.1 Å². The molecule has 1 aromatic heterocycles. The third-order valence-electron chi connectivity index (χ3n) is 0.900. The summed E-state index contributed by atoms with van der Waals surface area (Å²) in [6.45, 7) is 0.